The molecule has 4 heteroatoms. The largest absolute Gasteiger partial charge is 0.497 e. The molecule has 1 fully saturated rings. The zero-order chi connectivity index (χ0) is 18.5. The first-order valence-electron chi connectivity index (χ1n) is 9.13. The summed E-state index contributed by atoms with van der Waals surface area (Å²) in [6.07, 6.45) is 1.94. The number of rotatable bonds is 5. The number of likely N-dealkylation sites (tertiary alicyclic amines) is 1. The number of aryl methyl sites for hydroxylation is 1. The van der Waals surface area contributed by atoms with Gasteiger partial charge in [0, 0.05) is 31.7 Å². The molecule has 0 aliphatic carbocycles. The van der Waals surface area contributed by atoms with Crippen molar-refractivity contribution in [1.82, 2.24) is 4.90 Å². The van der Waals surface area contributed by atoms with Gasteiger partial charge in [-0.2, -0.15) is 0 Å². The minimum atomic E-state index is 0.123. The van der Waals surface area contributed by atoms with Gasteiger partial charge in [0.1, 0.15) is 5.75 Å². The van der Waals surface area contributed by atoms with E-state index in [-0.39, 0.29) is 17.9 Å². The molecule has 0 unspecified atom stereocenters. The second-order valence-electron chi connectivity index (χ2n) is 6.94. The van der Waals surface area contributed by atoms with Crippen LogP contribution in [0.3, 0.4) is 0 Å². The Hall–Kier alpha value is -2.33. The highest BCUT2D eigenvalue weighted by Crippen LogP contribution is 2.26. The van der Waals surface area contributed by atoms with Crippen molar-refractivity contribution in [1.29, 1.82) is 0 Å². The van der Waals surface area contributed by atoms with E-state index in [0.29, 0.717) is 0 Å². The van der Waals surface area contributed by atoms with Crippen LogP contribution in [0.2, 0.25) is 0 Å². The minimum Gasteiger partial charge on any atom is -0.497 e. The van der Waals surface area contributed by atoms with E-state index in [4.69, 9.17) is 9.47 Å². The number of hydrogen-bond donors (Lipinski definition) is 0. The number of amides is 1. The molecular formula is C22H27NO3. The fourth-order valence-corrected chi connectivity index (χ4v) is 3.75. The van der Waals surface area contributed by atoms with Crippen molar-refractivity contribution >= 4 is 5.91 Å². The van der Waals surface area contributed by atoms with Crippen LogP contribution in [-0.2, 0) is 11.2 Å². The van der Waals surface area contributed by atoms with E-state index in [0.717, 1.165) is 42.8 Å². The van der Waals surface area contributed by atoms with Crippen molar-refractivity contribution in [2.24, 2.45) is 5.92 Å². The van der Waals surface area contributed by atoms with Crippen molar-refractivity contribution in [3.63, 3.8) is 0 Å². The first-order valence-corrected chi connectivity index (χ1v) is 9.13. The van der Waals surface area contributed by atoms with Crippen LogP contribution in [0, 0.1) is 12.8 Å². The molecule has 1 saturated heterocycles. The minimum absolute atomic E-state index is 0.123. The quantitative estimate of drug-likeness (QED) is 0.822. The zero-order valence-corrected chi connectivity index (χ0v) is 15.8. The van der Waals surface area contributed by atoms with Crippen LogP contribution in [-0.4, -0.2) is 44.2 Å². The first kappa shape index (κ1) is 18.5. The maximum atomic E-state index is 13.0. The fourth-order valence-electron chi connectivity index (χ4n) is 3.75. The summed E-state index contributed by atoms with van der Waals surface area (Å²) in [7, 11) is 3.44. The van der Waals surface area contributed by atoms with Gasteiger partial charge in [-0.05, 0) is 49.1 Å². The van der Waals surface area contributed by atoms with Gasteiger partial charge >= 0.3 is 0 Å². The number of benzene rings is 2. The molecule has 0 N–H and O–H groups in total. The summed E-state index contributed by atoms with van der Waals surface area (Å²) in [6.45, 7) is 3.45. The lowest BCUT2D eigenvalue weighted by molar-refractivity contribution is -0.00301. The highest BCUT2D eigenvalue weighted by molar-refractivity contribution is 5.95. The SMILES string of the molecule is COc1ccc(C[C@H]2CN(C(=O)c3ccccc3C)CC[C@@H]2OC)cc1. The van der Waals surface area contributed by atoms with E-state index >= 15 is 0 Å². The van der Waals surface area contributed by atoms with Crippen molar-refractivity contribution in [2.45, 2.75) is 25.9 Å². The monoisotopic (exact) mass is 353 g/mol. The number of piperidine rings is 1. The van der Waals surface area contributed by atoms with Crippen LogP contribution in [0.5, 0.6) is 5.75 Å². The van der Waals surface area contributed by atoms with Gasteiger partial charge in [0.25, 0.3) is 5.91 Å². The summed E-state index contributed by atoms with van der Waals surface area (Å²) in [6, 6.07) is 15.9. The van der Waals surface area contributed by atoms with Crippen molar-refractivity contribution in [3.05, 3.63) is 65.2 Å². The van der Waals surface area contributed by atoms with Crippen molar-refractivity contribution < 1.29 is 14.3 Å². The molecule has 138 valence electrons. The van der Waals surface area contributed by atoms with Crippen molar-refractivity contribution in [2.75, 3.05) is 27.3 Å². The number of carbonyl (C=O) groups excluding carboxylic acids is 1. The molecule has 1 aliphatic rings. The van der Waals surface area contributed by atoms with Crippen LogP contribution in [0.25, 0.3) is 0 Å². The van der Waals surface area contributed by atoms with Gasteiger partial charge < -0.3 is 14.4 Å². The molecule has 2 aromatic carbocycles. The maximum Gasteiger partial charge on any atom is 0.254 e. The first-order chi connectivity index (χ1) is 12.6. The number of methoxy groups -OCH3 is 2. The van der Waals surface area contributed by atoms with E-state index in [2.05, 4.69) is 12.1 Å². The van der Waals surface area contributed by atoms with Gasteiger partial charge in [-0.15, -0.1) is 0 Å². The smallest absolute Gasteiger partial charge is 0.254 e. The lowest BCUT2D eigenvalue weighted by atomic mass is 9.88. The van der Waals surface area contributed by atoms with E-state index < -0.39 is 0 Å². The Morgan fingerprint density at radius 2 is 1.85 bits per heavy atom. The molecule has 3 rings (SSSR count). The van der Waals surface area contributed by atoms with Crippen LogP contribution in [0.1, 0.15) is 27.9 Å². The topological polar surface area (TPSA) is 38.8 Å². The third-order valence-electron chi connectivity index (χ3n) is 5.29. The van der Waals surface area contributed by atoms with Gasteiger partial charge in [0.05, 0.1) is 13.2 Å². The molecule has 1 heterocycles. The van der Waals surface area contributed by atoms with Gasteiger partial charge in [0.2, 0.25) is 0 Å². The number of nitrogens with zero attached hydrogens (tertiary/aromatic N) is 1. The van der Waals surface area contributed by atoms with Crippen molar-refractivity contribution in [3.8, 4) is 5.75 Å². The Morgan fingerprint density at radius 3 is 2.50 bits per heavy atom. The van der Waals surface area contributed by atoms with Crippen LogP contribution < -0.4 is 4.74 Å². The summed E-state index contributed by atoms with van der Waals surface area (Å²) < 4.78 is 10.9. The highest BCUT2D eigenvalue weighted by Gasteiger charge is 2.32. The molecule has 0 spiro atoms. The van der Waals surface area contributed by atoms with Crippen LogP contribution >= 0.6 is 0 Å². The predicted molar refractivity (Wildman–Crippen MR) is 103 cm³/mol. The summed E-state index contributed by atoms with van der Waals surface area (Å²) >= 11 is 0. The molecule has 1 aliphatic heterocycles. The number of ether oxygens (including phenoxy) is 2. The Morgan fingerprint density at radius 1 is 1.12 bits per heavy atom. The van der Waals surface area contributed by atoms with Crippen LogP contribution in [0.4, 0.5) is 0 Å². The molecule has 4 nitrogen and oxygen atoms in total. The molecular weight excluding hydrogens is 326 g/mol. The lowest BCUT2D eigenvalue weighted by Gasteiger charge is -2.38. The van der Waals surface area contributed by atoms with Gasteiger partial charge in [-0.25, -0.2) is 0 Å². The number of carbonyl (C=O) groups is 1. The summed E-state index contributed by atoms with van der Waals surface area (Å²) in [4.78, 5) is 14.9. The molecule has 1 amide bonds. The van der Waals surface area contributed by atoms with E-state index in [1.54, 1.807) is 14.2 Å². The predicted octanol–water partition coefficient (Wildman–Crippen LogP) is 3.72. The Labute approximate surface area is 155 Å². The van der Waals surface area contributed by atoms with E-state index in [9.17, 15) is 4.79 Å². The standard InChI is InChI=1S/C22H27NO3/c1-16-6-4-5-7-20(16)22(24)23-13-12-21(26-3)18(15-23)14-17-8-10-19(25-2)11-9-17/h4-11,18,21H,12-15H2,1-3H3/t18-,21-/m0/s1. The number of hydrogen-bond acceptors (Lipinski definition) is 3. The molecule has 26 heavy (non-hydrogen) atoms. The third kappa shape index (κ3) is 4.07. The third-order valence-corrected chi connectivity index (χ3v) is 5.29. The summed E-state index contributed by atoms with van der Waals surface area (Å²) in [5.74, 6) is 1.27. The normalized spacial score (nSPS) is 20.0. The molecule has 0 bridgehead atoms. The lowest BCUT2D eigenvalue weighted by Crippen LogP contribution is -2.47. The Balaban J connectivity index is 1.73. The summed E-state index contributed by atoms with van der Waals surface area (Å²) in [5.41, 5.74) is 3.06. The fraction of sp³-hybridized carbons (Fsp3) is 0.409. The van der Waals surface area contributed by atoms with E-state index in [1.165, 1.54) is 5.56 Å². The molecule has 0 aromatic heterocycles. The van der Waals surface area contributed by atoms with Crippen LogP contribution in [0.15, 0.2) is 48.5 Å². The molecule has 2 aromatic rings. The second-order valence-corrected chi connectivity index (χ2v) is 6.94. The average Bonchev–Trinajstić information content (AvgIpc) is 2.68. The van der Waals surface area contributed by atoms with E-state index in [1.807, 2.05) is 48.2 Å². The molecule has 2 atom stereocenters. The summed E-state index contributed by atoms with van der Waals surface area (Å²) in [5, 5.41) is 0. The average molecular weight is 353 g/mol. The highest BCUT2D eigenvalue weighted by atomic mass is 16.5. The molecule has 0 radical (unpaired) electrons. The van der Waals surface area contributed by atoms with Gasteiger partial charge in [-0.1, -0.05) is 30.3 Å². The maximum absolute atomic E-state index is 13.0. The van der Waals surface area contributed by atoms with Gasteiger partial charge in [-0.3, -0.25) is 4.79 Å². The zero-order valence-electron chi connectivity index (χ0n) is 15.8. The second kappa shape index (κ2) is 8.37. The Bertz CT molecular complexity index is 741. The Kier molecular flexibility index (Phi) is 5.94. The van der Waals surface area contributed by atoms with Gasteiger partial charge in [0.15, 0.2) is 0 Å². The molecule has 0 saturated carbocycles.